The summed E-state index contributed by atoms with van der Waals surface area (Å²) < 4.78 is 59.5. The first-order valence-corrected chi connectivity index (χ1v) is 7.33. The molecule has 1 aromatic heterocycles. The molecule has 0 aliphatic heterocycles. The van der Waals surface area contributed by atoms with Gasteiger partial charge in [0.25, 0.3) is 9.84 Å². The largest absolute Gasteiger partial charge is 0.501 e. The van der Waals surface area contributed by atoms with Crippen LogP contribution in [-0.2, 0) is 16.4 Å². The highest BCUT2D eigenvalue weighted by Crippen LogP contribution is 2.30. The molecular weight excluding hydrogens is 305 g/mol. The first-order valence-electron chi connectivity index (χ1n) is 5.85. The van der Waals surface area contributed by atoms with E-state index in [0.717, 1.165) is 17.7 Å². The molecule has 0 radical (unpaired) electrons. The maximum Gasteiger partial charge on any atom is 0.501 e. The molecule has 0 aliphatic rings. The third-order valence-electron chi connectivity index (χ3n) is 2.69. The van der Waals surface area contributed by atoms with E-state index in [4.69, 9.17) is 0 Å². The molecule has 1 aromatic carbocycles. The maximum absolute atomic E-state index is 12.4. The quantitative estimate of drug-likeness (QED) is 0.942. The third kappa shape index (κ3) is 3.52. The summed E-state index contributed by atoms with van der Waals surface area (Å²) in [5, 5.41) is 2.96. The van der Waals surface area contributed by atoms with Gasteiger partial charge >= 0.3 is 5.51 Å². The first kappa shape index (κ1) is 15.3. The van der Waals surface area contributed by atoms with Gasteiger partial charge in [-0.2, -0.15) is 13.2 Å². The van der Waals surface area contributed by atoms with Crippen LogP contribution in [0.3, 0.4) is 0 Å². The van der Waals surface area contributed by atoms with Crippen molar-refractivity contribution in [3.05, 3.63) is 54.4 Å². The molecule has 2 rings (SSSR count). The highest BCUT2D eigenvalue weighted by atomic mass is 32.2. The van der Waals surface area contributed by atoms with E-state index in [1.54, 1.807) is 18.5 Å². The van der Waals surface area contributed by atoms with Gasteiger partial charge < -0.3 is 5.32 Å². The Bertz CT molecular complexity index is 698. The second-order valence-electron chi connectivity index (χ2n) is 4.19. The van der Waals surface area contributed by atoms with Crippen molar-refractivity contribution in [2.24, 2.45) is 0 Å². The van der Waals surface area contributed by atoms with Crippen LogP contribution in [-0.4, -0.2) is 18.9 Å². The van der Waals surface area contributed by atoms with E-state index in [2.05, 4.69) is 10.3 Å². The predicted octanol–water partition coefficient (Wildman–Crippen LogP) is 2.99. The normalized spacial score (nSPS) is 12.1. The fourth-order valence-electron chi connectivity index (χ4n) is 1.59. The number of benzene rings is 1. The van der Waals surface area contributed by atoms with Crippen LogP contribution >= 0.6 is 0 Å². The van der Waals surface area contributed by atoms with Crippen LogP contribution in [0.15, 0.2) is 53.7 Å². The average molecular weight is 316 g/mol. The standard InChI is InChI=1S/C13H11F3N2O2S/c14-13(15,16)21(19,20)12-5-3-11(4-6-12)18-9-10-2-1-7-17-8-10/h1-8,18H,9H2. The lowest BCUT2D eigenvalue weighted by molar-refractivity contribution is -0.0436. The summed E-state index contributed by atoms with van der Waals surface area (Å²) in [6.07, 6.45) is 3.27. The van der Waals surface area contributed by atoms with Crippen LogP contribution in [0.1, 0.15) is 5.56 Å². The molecule has 0 bridgehead atoms. The Kier molecular flexibility index (Phi) is 4.17. The molecule has 21 heavy (non-hydrogen) atoms. The van der Waals surface area contributed by atoms with Crippen LogP contribution in [0.4, 0.5) is 18.9 Å². The zero-order valence-electron chi connectivity index (χ0n) is 10.6. The number of aromatic nitrogens is 1. The molecule has 0 spiro atoms. The lowest BCUT2D eigenvalue weighted by atomic mass is 10.2. The Morgan fingerprint density at radius 1 is 1.10 bits per heavy atom. The fraction of sp³-hybridized carbons (Fsp3) is 0.154. The highest BCUT2D eigenvalue weighted by Gasteiger charge is 2.46. The lowest BCUT2D eigenvalue weighted by Crippen LogP contribution is -2.23. The van der Waals surface area contributed by atoms with Crippen LogP contribution in [0, 0.1) is 0 Å². The lowest BCUT2D eigenvalue weighted by Gasteiger charge is -2.10. The molecule has 1 N–H and O–H groups in total. The van der Waals surface area contributed by atoms with Gasteiger partial charge in [-0.1, -0.05) is 6.07 Å². The molecule has 0 amide bonds. The monoisotopic (exact) mass is 316 g/mol. The SMILES string of the molecule is O=S(=O)(c1ccc(NCc2cccnc2)cc1)C(F)(F)F. The van der Waals surface area contributed by atoms with Crippen LogP contribution in [0.5, 0.6) is 0 Å². The number of hydrogen-bond donors (Lipinski definition) is 1. The molecule has 0 aliphatic carbocycles. The topological polar surface area (TPSA) is 59.1 Å². The summed E-state index contributed by atoms with van der Waals surface area (Å²) in [7, 11) is -5.30. The van der Waals surface area contributed by atoms with Gasteiger partial charge in [-0.15, -0.1) is 0 Å². The second kappa shape index (κ2) is 5.72. The van der Waals surface area contributed by atoms with Gasteiger partial charge in [-0.25, -0.2) is 8.42 Å². The van der Waals surface area contributed by atoms with E-state index in [-0.39, 0.29) is 0 Å². The molecule has 0 atom stereocenters. The van der Waals surface area contributed by atoms with Gasteiger partial charge in [0.2, 0.25) is 0 Å². The van der Waals surface area contributed by atoms with Crippen molar-refractivity contribution in [2.75, 3.05) is 5.32 Å². The van der Waals surface area contributed by atoms with Crippen molar-refractivity contribution in [3.8, 4) is 0 Å². The van der Waals surface area contributed by atoms with E-state index in [1.807, 2.05) is 6.07 Å². The zero-order valence-corrected chi connectivity index (χ0v) is 11.4. The number of nitrogens with zero attached hydrogens (tertiary/aromatic N) is 1. The average Bonchev–Trinajstić information content (AvgIpc) is 2.45. The molecular formula is C13H11F3N2O2S. The molecule has 0 saturated heterocycles. The van der Waals surface area contributed by atoms with Crippen LogP contribution in [0.25, 0.3) is 0 Å². The van der Waals surface area contributed by atoms with Crippen molar-refractivity contribution in [1.82, 2.24) is 4.98 Å². The Morgan fingerprint density at radius 3 is 2.29 bits per heavy atom. The fourth-order valence-corrected chi connectivity index (χ4v) is 2.35. The number of hydrogen-bond acceptors (Lipinski definition) is 4. The Morgan fingerprint density at radius 2 is 1.76 bits per heavy atom. The number of pyridine rings is 1. The molecule has 1 heterocycles. The van der Waals surface area contributed by atoms with E-state index >= 15 is 0 Å². The minimum Gasteiger partial charge on any atom is -0.381 e. The van der Waals surface area contributed by atoms with E-state index in [0.29, 0.717) is 12.2 Å². The summed E-state index contributed by atoms with van der Waals surface area (Å²) in [6, 6.07) is 8.02. The van der Waals surface area contributed by atoms with Crippen molar-refractivity contribution in [2.45, 2.75) is 16.9 Å². The summed E-state index contributed by atoms with van der Waals surface area (Å²) in [5.74, 6) is 0. The van der Waals surface area contributed by atoms with E-state index < -0.39 is 20.2 Å². The van der Waals surface area contributed by atoms with Crippen molar-refractivity contribution >= 4 is 15.5 Å². The number of halogens is 3. The predicted molar refractivity (Wildman–Crippen MR) is 71.2 cm³/mol. The molecule has 4 nitrogen and oxygen atoms in total. The van der Waals surface area contributed by atoms with Crippen molar-refractivity contribution < 1.29 is 21.6 Å². The van der Waals surface area contributed by atoms with Gasteiger partial charge in [0.15, 0.2) is 0 Å². The molecule has 112 valence electrons. The zero-order chi connectivity index (χ0) is 15.5. The smallest absolute Gasteiger partial charge is 0.381 e. The number of alkyl halides is 3. The van der Waals surface area contributed by atoms with Crippen LogP contribution in [0.2, 0.25) is 0 Å². The van der Waals surface area contributed by atoms with Gasteiger partial charge in [0.1, 0.15) is 0 Å². The third-order valence-corrected chi connectivity index (χ3v) is 4.19. The molecule has 2 aromatic rings. The van der Waals surface area contributed by atoms with Gasteiger partial charge in [0.05, 0.1) is 4.90 Å². The molecule has 0 unspecified atom stereocenters. The van der Waals surface area contributed by atoms with Crippen molar-refractivity contribution in [1.29, 1.82) is 0 Å². The molecule has 8 heteroatoms. The maximum atomic E-state index is 12.4. The highest BCUT2D eigenvalue weighted by molar-refractivity contribution is 7.92. The Balaban J connectivity index is 2.10. The van der Waals surface area contributed by atoms with Gasteiger partial charge in [-0.05, 0) is 35.9 Å². The molecule has 0 saturated carbocycles. The summed E-state index contributed by atoms with van der Waals surface area (Å²) >= 11 is 0. The summed E-state index contributed by atoms with van der Waals surface area (Å²) in [6.45, 7) is 0.430. The van der Waals surface area contributed by atoms with Crippen molar-refractivity contribution in [3.63, 3.8) is 0 Å². The second-order valence-corrected chi connectivity index (χ2v) is 6.13. The Labute approximate surface area is 119 Å². The minimum absolute atomic E-state index is 0.430. The van der Waals surface area contributed by atoms with Crippen LogP contribution < -0.4 is 5.32 Å². The Hall–Kier alpha value is -2.09. The molecule has 0 fully saturated rings. The van der Waals surface area contributed by atoms with Gasteiger partial charge in [0, 0.05) is 24.6 Å². The number of rotatable bonds is 4. The van der Waals surface area contributed by atoms with E-state index in [1.165, 1.54) is 12.1 Å². The van der Waals surface area contributed by atoms with Gasteiger partial charge in [-0.3, -0.25) is 4.98 Å². The van der Waals surface area contributed by atoms with E-state index in [9.17, 15) is 21.6 Å². The number of anilines is 1. The summed E-state index contributed by atoms with van der Waals surface area (Å²) in [4.78, 5) is 3.15. The minimum atomic E-state index is -5.30. The first-order chi connectivity index (χ1) is 9.80. The number of sulfone groups is 1. The summed E-state index contributed by atoms with van der Waals surface area (Å²) in [5.41, 5.74) is -3.89. The number of nitrogens with one attached hydrogen (secondary N) is 1.